The van der Waals surface area contributed by atoms with Crippen molar-refractivity contribution in [3.8, 4) is 12.0 Å². The molecule has 1 aromatic carbocycles. The normalized spacial score (nSPS) is 17.2. The van der Waals surface area contributed by atoms with Gasteiger partial charge in [0.05, 0.1) is 11.1 Å². The molecule has 120 valence electrons. The maximum Gasteiger partial charge on any atom is 0.250 e. The third-order valence-corrected chi connectivity index (χ3v) is 4.54. The van der Waals surface area contributed by atoms with E-state index in [-0.39, 0.29) is 0 Å². The van der Waals surface area contributed by atoms with Gasteiger partial charge in [0.1, 0.15) is 0 Å². The molecule has 1 aromatic heterocycles. The second-order valence-corrected chi connectivity index (χ2v) is 6.09. The number of amides is 1. The number of hydrogen-bond donors (Lipinski definition) is 3. The van der Waals surface area contributed by atoms with Crippen molar-refractivity contribution in [1.82, 2.24) is 9.88 Å². The molecule has 1 unspecified atom stereocenters. The van der Waals surface area contributed by atoms with Gasteiger partial charge in [0.25, 0.3) is 5.91 Å². The summed E-state index contributed by atoms with van der Waals surface area (Å²) in [7, 11) is 0. The molecule has 0 radical (unpaired) electrons. The van der Waals surface area contributed by atoms with E-state index in [1.807, 2.05) is 19.9 Å². The highest BCUT2D eigenvalue weighted by atomic mass is 16.1. The highest BCUT2D eigenvalue weighted by Gasteiger charge is 2.22. The van der Waals surface area contributed by atoms with Crippen molar-refractivity contribution in [3.63, 3.8) is 0 Å². The predicted molar refractivity (Wildman–Crippen MR) is 93.3 cm³/mol. The van der Waals surface area contributed by atoms with Crippen molar-refractivity contribution in [1.29, 1.82) is 0 Å². The lowest BCUT2D eigenvalue weighted by molar-refractivity contribution is 0.100. The van der Waals surface area contributed by atoms with E-state index in [0.717, 1.165) is 47.4 Å². The molecular weight excluding hydrogens is 288 g/mol. The lowest BCUT2D eigenvalue weighted by atomic mass is 10.0. The van der Waals surface area contributed by atoms with Crippen molar-refractivity contribution in [2.45, 2.75) is 33.2 Å². The van der Waals surface area contributed by atoms with Crippen LogP contribution in [-0.4, -0.2) is 34.9 Å². The number of nitrogens with two attached hydrogens (primary N) is 1. The van der Waals surface area contributed by atoms with Gasteiger partial charge in [-0.3, -0.25) is 4.79 Å². The number of rotatable bonds is 3. The molecule has 23 heavy (non-hydrogen) atoms. The summed E-state index contributed by atoms with van der Waals surface area (Å²) >= 11 is 0. The second kappa shape index (κ2) is 5.88. The lowest BCUT2D eigenvalue weighted by Crippen LogP contribution is -2.23. The Bertz CT molecular complexity index is 825. The summed E-state index contributed by atoms with van der Waals surface area (Å²) < 4.78 is 0. The largest absolute Gasteiger partial charge is 0.380 e. The molecule has 1 atom stereocenters. The van der Waals surface area contributed by atoms with E-state index in [1.54, 1.807) is 6.07 Å². The number of hydrogen-bond acceptors (Lipinski definition) is 3. The van der Waals surface area contributed by atoms with Crippen LogP contribution in [0.4, 0.5) is 5.69 Å². The molecule has 0 spiro atoms. The van der Waals surface area contributed by atoms with Crippen LogP contribution < -0.4 is 11.1 Å². The van der Waals surface area contributed by atoms with E-state index in [2.05, 4.69) is 34.1 Å². The van der Waals surface area contributed by atoms with Crippen LogP contribution in [0, 0.1) is 25.8 Å². The first-order valence-corrected chi connectivity index (χ1v) is 7.86. The van der Waals surface area contributed by atoms with Gasteiger partial charge in [-0.25, -0.2) is 0 Å². The van der Waals surface area contributed by atoms with Crippen molar-refractivity contribution in [3.05, 3.63) is 29.0 Å². The number of nitrogens with zero attached hydrogens (tertiary/aromatic N) is 1. The Morgan fingerprint density at radius 3 is 2.91 bits per heavy atom. The summed E-state index contributed by atoms with van der Waals surface area (Å²) in [5.74, 6) is 2.54. The monoisotopic (exact) mass is 310 g/mol. The summed E-state index contributed by atoms with van der Waals surface area (Å²) in [6.45, 7) is 7.82. The maximum absolute atomic E-state index is 11.7. The van der Waals surface area contributed by atoms with Gasteiger partial charge in [-0.15, -0.1) is 0 Å². The zero-order chi connectivity index (χ0) is 16.6. The van der Waals surface area contributed by atoms with E-state index < -0.39 is 5.91 Å². The van der Waals surface area contributed by atoms with Gasteiger partial charge < -0.3 is 20.9 Å². The molecule has 1 aliphatic heterocycles. The number of nitrogens with one attached hydrogen (secondary N) is 2. The van der Waals surface area contributed by atoms with Gasteiger partial charge in [0, 0.05) is 41.9 Å². The highest BCUT2D eigenvalue weighted by molar-refractivity contribution is 6.09. The summed E-state index contributed by atoms with van der Waals surface area (Å²) in [6, 6.07) is 7.22. The van der Waals surface area contributed by atoms with Crippen molar-refractivity contribution < 1.29 is 4.79 Å². The molecule has 0 saturated carbocycles. The third kappa shape index (κ3) is 2.72. The van der Waals surface area contributed by atoms with Gasteiger partial charge >= 0.3 is 0 Å². The number of H-pyrrole nitrogens is 1. The molecule has 5 heteroatoms. The molecule has 2 aromatic rings. The van der Waals surface area contributed by atoms with E-state index in [1.165, 1.54) is 0 Å². The second-order valence-electron chi connectivity index (χ2n) is 6.09. The van der Waals surface area contributed by atoms with Crippen LogP contribution in [0.25, 0.3) is 10.9 Å². The molecule has 1 saturated heterocycles. The lowest BCUT2D eigenvalue weighted by Gasteiger charge is -2.16. The molecule has 1 amide bonds. The van der Waals surface area contributed by atoms with Gasteiger partial charge in [0.2, 0.25) is 0 Å². The van der Waals surface area contributed by atoms with Crippen LogP contribution >= 0.6 is 0 Å². The van der Waals surface area contributed by atoms with Gasteiger partial charge in [-0.1, -0.05) is 5.92 Å². The smallest absolute Gasteiger partial charge is 0.250 e. The Kier molecular flexibility index (Phi) is 3.91. The van der Waals surface area contributed by atoms with Crippen LogP contribution in [0.1, 0.15) is 35.0 Å². The quantitative estimate of drug-likeness (QED) is 0.762. The fourth-order valence-electron chi connectivity index (χ4n) is 3.27. The molecule has 3 rings (SSSR count). The van der Waals surface area contributed by atoms with E-state index in [0.29, 0.717) is 11.6 Å². The summed E-state index contributed by atoms with van der Waals surface area (Å²) in [4.78, 5) is 17.1. The van der Waals surface area contributed by atoms with Crippen molar-refractivity contribution in [2.75, 3.05) is 18.4 Å². The Morgan fingerprint density at radius 2 is 2.22 bits per heavy atom. The summed E-state index contributed by atoms with van der Waals surface area (Å²) in [6.07, 6.45) is 1.05. The minimum atomic E-state index is -0.409. The number of aromatic nitrogens is 1. The fraction of sp³-hybridized carbons (Fsp3) is 0.389. The van der Waals surface area contributed by atoms with Crippen LogP contribution in [0.5, 0.6) is 0 Å². The van der Waals surface area contributed by atoms with E-state index >= 15 is 0 Å². The molecule has 2 heterocycles. The zero-order valence-electron chi connectivity index (χ0n) is 13.8. The molecule has 1 fully saturated rings. The van der Waals surface area contributed by atoms with Crippen LogP contribution in [-0.2, 0) is 0 Å². The van der Waals surface area contributed by atoms with Crippen molar-refractivity contribution >= 4 is 22.5 Å². The van der Waals surface area contributed by atoms with Crippen LogP contribution in [0.3, 0.4) is 0 Å². The zero-order valence-corrected chi connectivity index (χ0v) is 13.8. The van der Waals surface area contributed by atoms with Gasteiger partial charge in [0.15, 0.2) is 0 Å². The molecule has 0 bridgehead atoms. The number of aryl methyl sites for hydroxylation is 2. The first-order chi connectivity index (χ1) is 11.0. The molecule has 5 nitrogen and oxygen atoms in total. The van der Waals surface area contributed by atoms with Gasteiger partial charge in [-0.2, -0.15) is 0 Å². The Morgan fingerprint density at radius 1 is 1.43 bits per heavy atom. The number of carbonyl (C=O) groups is 1. The third-order valence-electron chi connectivity index (χ3n) is 4.54. The maximum atomic E-state index is 11.7. The Labute approximate surface area is 136 Å². The Balaban J connectivity index is 1.97. The highest BCUT2D eigenvalue weighted by Crippen LogP contribution is 2.32. The molecular formula is C18H22N4O. The topological polar surface area (TPSA) is 74.2 Å². The Hall–Kier alpha value is -2.61. The number of primary amides is 1. The first-order valence-electron chi connectivity index (χ1n) is 7.86. The number of benzene rings is 1. The average molecular weight is 310 g/mol. The number of carbonyl (C=O) groups excluding carboxylic acids is 1. The SMILES string of the molecule is CC#CN1CCC(Nc2ccc(C(N)=O)c3[nH]c(C)c(C)c23)C1. The van der Waals surface area contributed by atoms with Crippen LogP contribution in [0.2, 0.25) is 0 Å². The molecule has 4 N–H and O–H groups in total. The number of fused-ring (bicyclic) bond motifs is 1. The first kappa shape index (κ1) is 15.3. The van der Waals surface area contributed by atoms with E-state index in [4.69, 9.17) is 5.73 Å². The van der Waals surface area contributed by atoms with Crippen molar-refractivity contribution in [2.24, 2.45) is 5.73 Å². The molecule has 0 aliphatic carbocycles. The minimum Gasteiger partial charge on any atom is -0.380 e. The molecule has 1 aliphatic rings. The number of aromatic amines is 1. The van der Waals surface area contributed by atoms with Crippen LogP contribution in [0.15, 0.2) is 12.1 Å². The standard InChI is InChI=1S/C18H22N4O/c1-4-8-22-9-7-13(10-22)21-15-6-5-14(18(19)23)17-16(15)11(2)12(3)20-17/h5-6,13,20-21H,7,9-10H2,1-3H3,(H2,19,23). The van der Waals surface area contributed by atoms with Gasteiger partial charge in [-0.05, 0) is 44.9 Å². The number of anilines is 1. The minimum absolute atomic E-state index is 0.355. The predicted octanol–water partition coefficient (Wildman–Crippen LogP) is 2.35. The number of likely N-dealkylation sites (tertiary alicyclic amines) is 1. The average Bonchev–Trinajstić information content (AvgIpc) is 3.05. The summed E-state index contributed by atoms with van der Waals surface area (Å²) in [5, 5.41) is 4.67. The fourth-order valence-corrected chi connectivity index (χ4v) is 3.27. The summed E-state index contributed by atoms with van der Waals surface area (Å²) in [5.41, 5.74) is 10.1. The van der Waals surface area contributed by atoms with E-state index in [9.17, 15) is 4.79 Å².